The summed E-state index contributed by atoms with van der Waals surface area (Å²) in [7, 11) is 0. The molecule has 0 aromatic rings. The van der Waals surface area contributed by atoms with E-state index in [-0.39, 0.29) is 12.2 Å². The normalized spacial score (nSPS) is 35.2. The summed E-state index contributed by atoms with van der Waals surface area (Å²) < 4.78 is 33.0. The van der Waals surface area contributed by atoms with Gasteiger partial charge in [0, 0.05) is 26.4 Å². The van der Waals surface area contributed by atoms with E-state index in [1.54, 1.807) is 12.2 Å². The molecule has 0 N–H and O–H groups in total. The Kier molecular flexibility index (Phi) is 5.56. The SMILES string of the molecule is C=CCOC1CO[B-]2(OC1)OCC(OCC=C)CO2. The molecular formula is C12H20BO6-. The zero-order valence-corrected chi connectivity index (χ0v) is 11.0. The van der Waals surface area contributed by atoms with Crippen molar-refractivity contribution < 1.29 is 28.1 Å². The predicted molar refractivity (Wildman–Crippen MR) is 69.4 cm³/mol. The monoisotopic (exact) mass is 271 g/mol. The molecule has 0 radical (unpaired) electrons. The maximum Gasteiger partial charge on any atom is 0.531 e. The van der Waals surface area contributed by atoms with Gasteiger partial charge in [0.15, 0.2) is 0 Å². The minimum atomic E-state index is -2.09. The van der Waals surface area contributed by atoms with Gasteiger partial charge < -0.3 is 28.1 Å². The van der Waals surface area contributed by atoms with Crippen LogP contribution >= 0.6 is 0 Å². The summed E-state index contributed by atoms with van der Waals surface area (Å²) >= 11 is 0. The van der Waals surface area contributed by atoms with Gasteiger partial charge in [-0.2, -0.15) is 0 Å². The van der Waals surface area contributed by atoms with Crippen LogP contribution in [-0.4, -0.2) is 58.8 Å². The van der Waals surface area contributed by atoms with Crippen molar-refractivity contribution in [1.82, 2.24) is 0 Å². The lowest BCUT2D eigenvalue weighted by Gasteiger charge is -2.49. The van der Waals surface area contributed by atoms with E-state index in [1.165, 1.54) is 0 Å². The summed E-state index contributed by atoms with van der Waals surface area (Å²) in [6, 6.07) is 0. The van der Waals surface area contributed by atoms with Crippen LogP contribution in [0.15, 0.2) is 25.3 Å². The Bertz CT molecular complexity index is 261. The molecule has 2 saturated heterocycles. The highest BCUT2D eigenvalue weighted by Crippen LogP contribution is 2.23. The van der Waals surface area contributed by atoms with Crippen molar-refractivity contribution in [1.29, 1.82) is 0 Å². The Hall–Kier alpha value is -0.695. The molecular weight excluding hydrogens is 251 g/mol. The van der Waals surface area contributed by atoms with Crippen LogP contribution in [0.2, 0.25) is 0 Å². The van der Waals surface area contributed by atoms with Crippen LogP contribution in [0.4, 0.5) is 0 Å². The van der Waals surface area contributed by atoms with Crippen molar-refractivity contribution in [3.8, 4) is 0 Å². The van der Waals surface area contributed by atoms with E-state index in [2.05, 4.69) is 13.2 Å². The van der Waals surface area contributed by atoms with Crippen molar-refractivity contribution in [3.05, 3.63) is 25.3 Å². The average molecular weight is 271 g/mol. The number of ether oxygens (including phenoxy) is 2. The van der Waals surface area contributed by atoms with Gasteiger partial charge in [-0.25, -0.2) is 0 Å². The summed E-state index contributed by atoms with van der Waals surface area (Å²) in [6.07, 6.45) is 3.13. The first-order valence-corrected chi connectivity index (χ1v) is 6.41. The molecule has 0 aromatic carbocycles. The predicted octanol–water partition coefficient (Wildman–Crippen LogP) is 0.658. The van der Waals surface area contributed by atoms with E-state index < -0.39 is 6.96 Å². The van der Waals surface area contributed by atoms with Gasteiger partial charge in [0.05, 0.1) is 25.4 Å². The zero-order chi connectivity index (χ0) is 13.6. The molecule has 0 amide bonds. The van der Waals surface area contributed by atoms with E-state index in [0.717, 1.165) is 0 Å². The van der Waals surface area contributed by atoms with E-state index in [0.29, 0.717) is 39.6 Å². The molecule has 19 heavy (non-hydrogen) atoms. The van der Waals surface area contributed by atoms with Crippen molar-refractivity contribution in [2.24, 2.45) is 0 Å². The third-order valence-corrected chi connectivity index (χ3v) is 2.84. The first-order valence-electron chi connectivity index (χ1n) is 6.41. The van der Waals surface area contributed by atoms with Crippen LogP contribution in [0.25, 0.3) is 0 Å². The standard InChI is InChI=1S/C12H20BO6/c1-3-5-14-11-7-16-13(17-8-11)18-9-12(10-19-13)15-6-4-2/h3-4,11-12H,1-2,5-10H2/q-1. The quantitative estimate of drug-likeness (QED) is 0.522. The lowest BCUT2D eigenvalue weighted by atomic mass is 10.00. The Balaban J connectivity index is 1.72. The van der Waals surface area contributed by atoms with E-state index in [4.69, 9.17) is 28.1 Å². The molecule has 1 spiro atoms. The molecule has 2 rings (SSSR count). The molecule has 2 fully saturated rings. The Morgan fingerprint density at radius 2 is 1.21 bits per heavy atom. The summed E-state index contributed by atoms with van der Waals surface area (Å²) in [5, 5.41) is 0. The van der Waals surface area contributed by atoms with Crippen LogP contribution < -0.4 is 0 Å². The Morgan fingerprint density at radius 1 is 0.842 bits per heavy atom. The van der Waals surface area contributed by atoms with Crippen LogP contribution in [0.3, 0.4) is 0 Å². The summed E-state index contributed by atoms with van der Waals surface area (Å²) in [4.78, 5) is 0. The highest BCUT2D eigenvalue weighted by atomic mass is 16.9. The van der Waals surface area contributed by atoms with Gasteiger partial charge >= 0.3 is 6.96 Å². The smallest absolute Gasteiger partial charge is 0.516 e. The maximum atomic E-state index is 5.53. The first-order chi connectivity index (χ1) is 9.28. The number of hydrogen-bond donors (Lipinski definition) is 0. The molecule has 2 aliphatic rings. The van der Waals surface area contributed by atoms with Crippen LogP contribution in [0.5, 0.6) is 0 Å². The molecule has 2 heterocycles. The second kappa shape index (κ2) is 7.18. The topological polar surface area (TPSA) is 55.4 Å². The summed E-state index contributed by atoms with van der Waals surface area (Å²) in [5.41, 5.74) is 0. The van der Waals surface area contributed by atoms with Gasteiger partial charge in [-0.3, -0.25) is 0 Å². The van der Waals surface area contributed by atoms with Gasteiger partial charge in [0.1, 0.15) is 0 Å². The number of rotatable bonds is 6. The zero-order valence-electron chi connectivity index (χ0n) is 11.0. The molecule has 6 nitrogen and oxygen atoms in total. The van der Waals surface area contributed by atoms with E-state index >= 15 is 0 Å². The fourth-order valence-corrected chi connectivity index (χ4v) is 1.89. The fourth-order valence-electron chi connectivity index (χ4n) is 1.89. The van der Waals surface area contributed by atoms with Crippen LogP contribution in [-0.2, 0) is 28.1 Å². The third kappa shape index (κ3) is 4.14. The molecule has 0 aliphatic carbocycles. The third-order valence-electron chi connectivity index (χ3n) is 2.84. The van der Waals surface area contributed by atoms with Crippen molar-refractivity contribution >= 4 is 6.96 Å². The molecule has 0 aromatic heterocycles. The van der Waals surface area contributed by atoms with Gasteiger partial charge in [-0.05, 0) is 0 Å². The summed E-state index contributed by atoms with van der Waals surface area (Å²) in [5.74, 6) is 0. The first kappa shape index (κ1) is 14.7. The second-order valence-electron chi connectivity index (χ2n) is 4.40. The second-order valence-corrected chi connectivity index (χ2v) is 4.40. The van der Waals surface area contributed by atoms with Gasteiger partial charge in [0.25, 0.3) is 0 Å². The van der Waals surface area contributed by atoms with E-state index in [1.807, 2.05) is 0 Å². The Morgan fingerprint density at radius 3 is 1.53 bits per heavy atom. The molecule has 0 unspecified atom stereocenters. The lowest BCUT2D eigenvalue weighted by Crippen LogP contribution is -2.60. The summed E-state index contributed by atoms with van der Waals surface area (Å²) in [6.45, 7) is 7.54. The maximum absolute atomic E-state index is 5.53. The minimum absolute atomic E-state index is 0.118. The molecule has 0 bridgehead atoms. The van der Waals surface area contributed by atoms with Gasteiger partial charge in [-0.1, -0.05) is 12.2 Å². The highest BCUT2D eigenvalue weighted by molar-refractivity contribution is 6.53. The van der Waals surface area contributed by atoms with Crippen LogP contribution in [0, 0.1) is 0 Å². The fraction of sp³-hybridized carbons (Fsp3) is 0.667. The van der Waals surface area contributed by atoms with Crippen LogP contribution in [0.1, 0.15) is 0 Å². The highest BCUT2D eigenvalue weighted by Gasteiger charge is 2.41. The van der Waals surface area contributed by atoms with Gasteiger partial charge in [0.2, 0.25) is 0 Å². The molecule has 2 aliphatic heterocycles. The molecule has 0 saturated carbocycles. The van der Waals surface area contributed by atoms with Crippen molar-refractivity contribution in [2.45, 2.75) is 12.2 Å². The minimum Gasteiger partial charge on any atom is -0.516 e. The Labute approximate surface area is 113 Å². The largest absolute Gasteiger partial charge is 0.531 e. The van der Waals surface area contributed by atoms with Crippen molar-refractivity contribution in [2.75, 3.05) is 39.6 Å². The average Bonchev–Trinajstić information content (AvgIpc) is 2.46. The van der Waals surface area contributed by atoms with E-state index in [9.17, 15) is 0 Å². The molecule has 0 atom stereocenters. The number of hydrogen-bond acceptors (Lipinski definition) is 6. The lowest BCUT2D eigenvalue weighted by molar-refractivity contribution is -0.159. The molecule has 108 valence electrons. The van der Waals surface area contributed by atoms with Crippen molar-refractivity contribution in [3.63, 3.8) is 0 Å². The van der Waals surface area contributed by atoms with Gasteiger partial charge in [-0.15, -0.1) is 13.2 Å². The molecule has 7 heteroatoms.